The number of amides is 1. The van der Waals surface area contributed by atoms with E-state index in [-0.39, 0.29) is 17.6 Å². The molecule has 7 nitrogen and oxygen atoms in total. The van der Waals surface area contributed by atoms with Crippen molar-refractivity contribution in [2.45, 2.75) is 13.0 Å². The van der Waals surface area contributed by atoms with Gasteiger partial charge in [-0.3, -0.25) is 4.79 Å². The summed E-state index contributed by atoms with van der Waals surface area (Å²) in [6.07, 6.45) is 0.892. The minimum absolute atomic E-state index is 0.136. The van der Waals surface area contributed by atoms with Crippen molar-refractivity contribution >= 4 is 11.7 Å². The van der Waals surface area contributed by atoms with Crippen LogP contribution in [0.5, 0.6) is 5.75 Å². The molecule has 1 saturated heterocycles. The summed E-state index contributed by atoms with van der Waals surface area (Å²) in [5, 5.41) is 2.57. The van der Waals surface area contributed by atoms with E-state index < -0.39 is 11.7 Å². The number of ether oxygens (including phenoxy) is 3. The molecule has 0 aromatic carbocycles. The van der Waals surface area contributed by atoms with Crippen LogP contribution in [-0.2, 0) is 9.47 Å². The van der Waals surface area contributed by atoms with Gasteiger partial charge in [-0.2, -0.15) is 0 Å². The second-order valence-electron chi connectivity index (χ2n) is 5.52. The quantitative estimate of drug-likeness (QED) is 0.890. The Kier molecular flexibility index (Phi) is 5.52. The van der Waals surface area contributed by atoms with Crippen molar-refractivity contribution in [2.75, 3.05) is 31.7 Å². The van der Waals surface area contributed by atoms with Gasteiger partial charge in [0, 0.05) is 17.8 Å². The molecule has 1 amide bonds. The van der Waals surface area contributed by atoms with Crippen LogP contribution in [0.2, 0.25) is 0 Å². The minimum atomic E-state index is -0.476. The lowest BCUT2D eigenvalue weighted by Crippen LogP contribution is -2.33. The van der Waals surface area contributed by atoms with E-state index in [4.69, 9.17) is 14.2 Å². The lowest BCUT2D eigenvalue weighted by Gasteiger charge is -2.23. The molecule has 0 aliphatic carbocycles. The van der Waals surface area contributed by atoms with E-state index in [9.17, 15) is 9.18 Å². The molecule has 25 heavy (non-hydrogen) atoms. The predicted octanol–water partition coefficient (Wildman–Crippen LogP) is 1.97. The van der Waals surface area contributed by atoms with Crippen LogP contribution in [0.4, 0.5) is 10.2 Å². The fourth-order valence-electron chi connectivity index (χ4n) is 2.29. The largest absolute Gasteiger partial charge is 0.491 e. The number of rotatable bonds is 5. The number of aromatic nitrogens is 2. The second-order valence-corrected chi connectivity index (χ2v) is 5.52. The molecular formula is C17H18FN3O4. The van der Waals surface area contributed by atoms with Gasteiger partial charge in [-0.05, 0) is 19.1 Å². The average Bonchev–Trinajstić information content (AvgIpc) is 2.62. The molecule has 3 heterocycles. The van der Waals surface area contributed by atoms with Crippen LogP contribution in [0.15, 0.2) is 30.5 Å². The third kappa shape index (κ3) is 4.94. The van der Waals surface area contributed by atoms with Gasteiger partial charge in [-0.1, -0.05) is 0 Å². The van der Waals surface area contributed by atoms with E-state index in [1.54, 1.807) is 13.0 Å². The number of hydrogen-bond acceptors (Lipinski definition) is 6. The summed E-state index contributed by atoms with van der Waals surface area (Å²) in [6.45, 7) is 3.70. The minimum Gasteiger partial charge on any atom is -0.491 e. The van der Waals surface area contributed by atoms with Crippen LogP contribution in [0, 0.1) is 12.7 Å². The molecule has 2 aromatic heterocycles. The van der Waals surface area contributed by atoms with Gasteiger partial charge in [-0.15, -0.1) is 0 Å². The zero-order chi connectivity index (χ0) is 17.6. The Bertz CT molecular complexity index is 733. The molecule has 0 spiro atoms. The molecule has 8 heteroatoms. The van der Waals surface area contributed by atoms with Crippen molar-refractivity contribution < 1.29 is 23.4 Å². The first-order valence-electron chi connectivity index (χ1n) is 7.84. The van der Waals surface area contributed by atoms with Gasteiger partial charge in [-0.25, -0.2) is 14.4 Å². The van der Waals surface area contributed by atoms with Crippen molar-refractivity contribution in [3.8, 4) is 5.75 Å². The average molecular weight is 347 g/mol. The maximum atomic E-state index is 12.9. The molecule has 0 saturated carbocycles. The van der Waals surface area contributed by atoms with Gasteiger partial charge in [0.15, 0.2) is 0 Å². The summed E-state index contributed by atoms with van der Waals surface area (Å²) in [5.41, 5.74) is 0.817. The van der Waals surface area contributed by atoms with Crippen LogP contribution >= 0.6 is 0 Å². The Morgan fingerprint density at radius 1 is 1.40 bits per heavy atom. The number of hydrogen-bond donors (Lipinski definition) is 1. The van der Waals surface area contributed by atoms with Crippen molar-refractivity contribution in [2.24, 2.45) is 0 Å². The number of aryl methyl sites for hydroxylation is 1. The van der Waals surface area contributed by atoms with Crippen LogP contribution in [0.1, 0.15) is 16.2 Å². The lowest BCUT2D eigenvalue weighted by atomic mass is 10.2. The summed E-state index contributed by atoms with van der Waals surface area (Å²) >= 11 is 0. The Morgan fingerprint density at radius 2 is 2.28 bits per heavy atom. The molecule has 1 fully saturated rings. The van der Waals surface area contributed by atoms with Gasteiger partial charge >= 0.3 is 0 Å². The highest BCUT2D eigenvalue weighted by atomic mass is 19.1. The van der Waals surface area contributed by atoms with Gasteiger partial charge in [0.1, 0.15) is 35.8 Å². The highest BCUT2D eigenvalue weighted by Crippen LogP contribution is 2.16. The first-order chi connectivity index (χ1) is 12.1. The highest BCUT2D eigenvalue weighted by molar-refractivity contribution is 6.02. The molecule has 0 bridgehead atoms. The molecule has 2 aromatic rings. The Hall–Kier alpha value is -2.58. The Labute approximate surface area is 144 Å². The van der Waals surface area contributed by atoms with E-state index in [2.05, 4.69) is 15.3 Å². The summed E-state index contributed by atoms with van der Waals surface area (Å²) < 4.78 is 29.4. The van der Waals surface area contributed by atoms with Gasteiger partial charge in [0.25, 0.3) is 5.91 Å². The van der Waals surface area contributed by atoms with Crippen LogP contribution in [0.3, 0.4) is 0 Å². The SMILES string of the molecule is Cc1cc(OCC2COCCO2)cc(C(=O)Nc2ccc(F)cn2)n1. The van der Waals surface area contributed by atoms with E-state index in [1.165, 1.54) is 18.2 Å². The first-order valence-corrected chi connectivity index (χ1v) is 7.84. The molecule has 1 aliphatic rings. The Balaban J connectivity index is 1.65. The molecule has 3 rings (SSSR count). The summed E-state index contributed by atoms with van der Waals surface area (Å²) in [7, 11) is 0. The molecule has 1 aliphatic heterocycles. The molecule has 132 valence electrons. The molecule has 1 N–H and O–H groups in total. The smallest absolute Gasteiger partial charge is 0.275 e. The third-order valence-electron chi connectivity index (χ3n) is 3.45. The van der Waals surface area contributed by atoms with E-state index in [0.29, 0.717) is 37.9 Å². The molecule has 1 unspecified atom stereocenters. The van der Waals surface area contributed by atoms with Gasteiger partial charge < -0.3 is 19.5 Å². The zero-order valence-electron chi connectivity index (χ0n) is 13.7. The summed E-state index contributed by atoms with van der Waals surface area (Å²) in [5.74, 6) is -0.176. The standard InChI is InChI=1S/C17H18FN3O4/c1-11-6-13(25-10-14-9-23-4-5-24-14)7-15(20-11)17(22)21-16-3-2-12(18)8-19-16/h2-3,6-8,14H,4-5,9-10H2,1H3,(H,19,21,22). The maximum Gasteiger partial charge on any atom is 0.275 e. The molecule has 1 atom stereocenters. The Morgan fingerprint density at radius 3 is 3.00 bits per heavy atom. The third-order valence-corrected chi connectivity index (χ3v) is 3.45. The number of nitrogens with one attached hydrogen (secondary N) is 1. The normalized spacial score (nSPS) is 17.1. The number of anilines is 1. The van der Waals surface area contributed by atoms with Crippen LogP contribution < -0.4 is 10.1 Å². The van der Waals surface area contributed by atoms with Crippen LogP contribution in [0.25, 0.3) is 0 Å². The van der Waals surface area contributed by atoms with E-state index in [0.717, 1.165) is 6.20 Å². The number of carbonyl (C=O) groups excluding carboxylic acids is 1. The van der Waals surface area contributed by atoms with E-state index in [1.807, 2.05) is 0 Å². The van der Waals surface area contributed by atoms with Gasteiger partial charge in [0.05, 0.1) is 26.0 Å². The predicted molar refractivity (Wildman–Crippen MR) is 87.2 cm³/mol. The maximum absolute atomic E-state index is 12.9. The van der Waals surface area contributed by atoms with Crippen LogP contribution in [-0.4, -0.2) is 48.4 Å². The fourth-order valence-corrected chi connectivity index (χ4v) is 2.29. The van der Waals surface area contributed by atoms with Crippen molar-refractivity contribution in [1.29, 1.82) is 0 Å². The number of halogens is 1. The zero-order valence-corrected chi connectivity index (χ0v) is 13.7. The van der Waals surface area contributed by atoms with Crippen molar-refractivity contribution in [1.82, 2.24) is 9.97 Å². The highest BCUT2D eigenvalue weighted by Gasteiger charge is 2.16. The summed E-state index contributed by atoms with van der Waals surface area (Å²) in [6, 6.07) is 5.86. The summed E-state index contributed by atoms with van der Waals surface area (Å²) in [4.78, 5) is 20.3. The number of pyridine rings is 2. The monoisotopic (exact) mass is 347 g/mol. The number of nitrogens with zero attached hydrogens (tertiary/aromatic N) is 2. The van der Waals surface area contributed by atoms with Gasteiger partial charge in [0.2, 0.25) is 0 Å². The van der Waals surface area contributed by atoms with E-state index >= 15 is 0 Å². The lowest BCUT2D eigenvalue weighted by molar-refractivity contribution is -0.101. The van der Waals surface area contributed by atoms with Crippen molar-refractivity contribution in [3.05, 3.63) is 47.7 Å². The fraction of sp³-hybridized carbons (Fsp3) is 0.353. The van der Waals surface area contributed by atoms with Crippen molar-refractivity contribution in [3.63, 3.8) is 0 Å². The second kappa shape index (κ2) is 8.00. The molecular weight excluding hydrogens is 329 g/mol. The topological polar surface area (TPSA) is 82.6 Å². The molecule has 0 radical (unpaired) electrons. The first kappa shape index (κ1) is 17.2. The number of carbonyl (C=O) groups is 1.